The van der Waals surface area contributed by atoms with Crippen molar-refractivity contribution in [2.24, 2.45) is 0 Å². The van der Waals surface area contributed by atoms with Gasteiger partial charge in [0.05, 0.1) is 0 Å². The molecule has 0 unspecified atom stereocenters. The van der Waals surface area contributed by atoms with Gasteiger partial charge in [-0.1, -0.05) is 36.9 Å². The van der Waals surface area contributed by atoms with Gasteiger partial charge >= 0.3 is 0 Å². The molecule has 0 bridgehead atoms. The van der Waals surface area contributed by atoms with Crippen molar-refractivity contribution < 1.29 is 4.79 Å². The molecular formula is C15H16O. The summed E-state index contributed by atoms with van der Waals surface area (Å²) in [6.45, 7) is 3.72. The van der Waals surface area contributed by atoms with Crippen LogP contribution in [0, 0.1) is 0 Å². The molecule has 1 saturated carbocycles. The van der Waals surface area contributed by atoms with E-state index in [9.17, 15) is 4.79 Å². The van der Waals surface area contributed by atoms with Crippen LogP contribution in [0.15, 0.2) is 36.4 Å². The van der Waals surface area contributed by atoms with E-state index in [1.807, 2.05) is 36.4 Å². The standard InChI is InChI=1S/C15H16O/c1-2-12-7-9-13(10-8-12)11-14-5-3-4-6-15(14)16/h2,7-11H,1,3-6H2. The predicted molar refractivity (Wildman–Crippen MR) is 68.0 cm³/mol. The molecule has 1 aromatic carbocycles. The number of carbonyl (C=O) groups is 1. The van der Waals surface area contributed by atoms with Gasteiger partial charge in [-0.2, -0.15) is 0 Å². The van der Waals surface area contributed by atoms with E-state index in [0.717, 1.165) is 42.4 Å². The van der Waals surface area contributed by atoms with Gasteiger partial charge in [-0.25, -0.2) is 0 Å². The van der Waals surface area contributed by atoms with Crippen LogP contribution in [0.25, 0.3) is 12.2 Å². The van der Waals surface area contributed by atoms with Crippen LogP contribution in [0.2, 0.25) is 0 Å². The molecular weight excluding hydrogens is 196 g/mol. The third-order valence-electron chi connectivity index (χ3n) is 2.97. The predicted octanol–water partition coefficient (Wildman–Crippen LogP) is 3.86. The zero-order chi connectivity index (χ0) is 11.4. The van der Waals surface area contributed by atoms with Crippen molar-refractivity contribution in [2.75, 3.05) is 0 Å². The summed E-state index contributed by atoms with van der Waals surface area (Å²) in [4.78, 5) is 11.6. The summed E-state index contributed by atoms with van der Waals surface area (Å²) in [6.07, 6.45) is 7.68. The van der Waals surface area contributed by atoms with E-state index in [1.54, 1.807) is 0 Å². The van der Waals surface area contributed by atoms with Crippen LogP contribution in [0.1, 0.15) is 36.8 Å². The molecule has 82 valence electrons. The third kappa shape index (κ3) is 2.48. The molecule has 0 N–H and O–H groups in total. The van der Waals surface area contributed by atoms with Crippen molar-refractivity contribution in [3.63, 3.8) is 0 Å². The van der Waals surface area contributed by atoms with Gasteiger partial charge in [0.1, 0.15) is 0 Å². The number of allylic oxidation sites excluding steroid dienone is 1. The van der Waals surface area contributed by atoms with Crippen LogP contribution in [-0.2, 0) is 4.79 Å². The quantitative estimate of drug-likeness (QED) is 0.680. The first-order valence-electron chi connectivity index (χ1n) is 5.76. The molecule has 1 heteroatoms. The maximum atomic E-state index is 11.6. The fraction of sp³-hybridized carbons (Fsp3) is 0.267. The molecule has 0 heterocycles. The van der Waals surface area contributed by atoms with Gasteiger partial charge in [0, 0.05) is 6.42 Å². The first-order valence-corrected chi connectivity index (χ1v) is 5.76. The Morgan fingerprint density at radius 1 is 1.00 bits per heavy atom. The maximum Gasteiger partial charge on any atom is 0.158 e. The van der Waals surface area contributed by atoms with Crippen molar-refractivity contribution in [3.8, 4) is 0 Å². The lowest BCUT2D eigenvalue weighted by molar-refractivity contribution is -0.116. The molecule has 0 atom stereocenters. The molecule has 1 aliphatic rings. The molecule has 1 nitrogen and oxygen atoms in total. The Morgan fingerprint density at radius 3 is 2.25 bits per heavy atom. The number of benzene rings is 1. The lowest BCUT2D eigenvalue weighted by atomic mass is 9.92. The number of rotatable bonds is 2. The number of ketones is 1. The molecule has 2 rings (SSSR count). The summed E-state index contributed by atoms with van der Waals surface area (Å²) in [6, 6.07) is 8.11. The highest BCUT2D eigenvalue weighted by Crippen LogP contribution is 2.22. The smallest absolute Gasteiger partial charge is 0.158 e. The minimum atomic E-state index is 0.319. The topological polar surface area (TPSA) is 17.1 Å². The van der Waals surface area contributed by atoms with Crippen molar-refractivity contribution in [3.05, 3.63) is 47.5 Å². The van der Waals surface area contributed by atoms with E-state index in [-0.39, 0.29) is 0 Å². The van der Waals surface area contributed by atoms with Crippen LogP contribution >= 0.6 is 0 Å². The minimum Gasteiger partial charge on any atom is -0.295 e. The van der Waals surface area contributed by atoms with Gasteiger partial charge in [-0.05, 0) is 42.0 Å². The number of hydrogen-bond acceptors (Lipinski definition) is 1. The van der Waals surface area contributed by atoms with Gasteiger partial charge in [0.25, 0.3) is 0 Å². The second kappa shape index (κ2) is 4.93. The molecule has 0 radical (unpaired) electrons. The van der Waals surface area contributed by atoms with Crippen molar-refractivity contribution >= 4 is 17.9 Å². The fourth-order valence-corrected chi connectivity index (χ4v) is 1.98. The largest absolute Gasteiger partial charge is 0.295 e. The minimum absolute atomic E-state index is 0.319. The first kappa shape index (κ1) is 10.9. The molecule has 16 heavy (non-hydrogen) atoms. The summed E-state index contributed by atoms with van der Waals surface area (Å²) in [5.74, 6) is 0.319. The Bertz CT molecular complexity index is 423. The summed E-state index contributed by atoms with van der Waals surface area (Å²) in [7, 11) is 0. The number of carbonyl (C=O) groups excluding carboxylic acids is 1. The highest BCUT2D eigenvalue weighted by molar-refractivity contribution is 6.00. The summed E-state index contributed by atoms with van der Waals surface area (Å²) < 4.78 is 0. The van der Waals surface area contributed by atoms with E-state index in [2.05, 4.69) is 6.58 Å². The Labute approximate surface area is 96.5 Å². The molecule has 0 aliphatic heterocycles. The third-order valence-corrected chi connectivity index (χ3v) is 2.97. The van der Waals surface area contributed by atoms with E-state index in [1.165, 1.54) is 0 Å². The van der Waals surface area contributed by atoms with Crippen LogP contribution in [0.4, 0.5) is 0 Å². The molecule has 0 aromatic heterocycles. The summed E-state index contributed by atoms with van der Waals surface area (Å²) >= 11 is 0. The lowest BCUT2D eigenvalue weighted by Crippen LogP contribution is -2.07. The van der Waals surface area contributed by atoms with Gasteiger partial charge in [0.15, 0.2) is 5.78 Å². The summed E-state index contributed by atoms with van der Waals surface area (Å²) in [5.41, 5.74) is 3.20. The van der Waals surface area contributed by atoms with Gasteiger partial charge < -0.3 is 0 Å². The van der Waals surface area contributed by atoms with Crippen LogP contribution in [0.5, 0.6) is 0 Å². The van der Waals surface area contributed by atoms with E-state index < -0.39 is 0 Å². The second-order valence-corrected chi connectivity index (χ2v) is 4.17. The Kier molecular flexibility index (Phi) is 3.35. The van der Waals surface area contributed by atoms with Crippen molar-refractivity contribution in [1.29, 1.82) is 0 Å². The molecule has 0 saturated heterocycles. The highest BCUT2D eigenvalue weighted by atomic mass is 16.1. The molecule has 1 aromatic rings. The molecule has 0 spiro atoms. The molecule has 0 amide bonds. The van der Waals surface area contributed by atoms with Crippen LogP contribution in [-0.4, -0.2) is 5.78 Å². The highest BCUT2D eigenvalue weighted by Gasteiger charge is 2.14. The first-order chi connectivity index (χ1) is 7.79. The van der Waals surface area contributed by atoms with Crippen LogP contribution in [0.3, 0.4) is 0 Å². The lowest BCUT2D eigenvalue weighted by Gasteiger charge is -2.12. The van der Waals surface area contributed by atoms with E-state index in [4.69, 9.17) is 0 Å². The zero-order valence-electron chi connectivity index (χ0n) is 9.41. The summed E-state index contributed by atoms with van der Waals surface area (Å²) in [5, 5.41) is 0. The van der Waals surface area contributed by atoms with Gasteiger partial charge in [-0.15, -0.1) is 0 Å². The van der Waals surface area contributed by atoms with E-state index >= 15 is 0 Å². The molecule has 1 fully saturated rings. The zero-order valence-corrected chi connectivity index (χ0v) is 9.41. The Hall–Kier alpha value is -1.63. The van der Waals surface area contributed by atoms with Gasteiger partial charge in [-0.3, -0.25) is 4.79 Å². The normalized spacial score (nSPS) is 18.8. The maximum absolute atomic E-state index is 11.6. The number of Topliss-reactive ketones (excluding diaryl/α,β-unsaturated/α-hetero) is 1. The van der Waals surface area contributed by atoms with Crippen molar-refractivity contribution in [1.82, 2.24) is 0 Å². The van der Waals surface area contributed by atoms with Crippen LogP contribution < -0.4 is 0 Å². The average molecular weight is 212 g/mol. The number of hydrogen-bond donors (Lipinski definition) is 0. The Morgan fingerprint density at radius 2 is 1.62 bits per heavy atom. The SMILES string of the molecule is C=Cc1ccc(C=C2CCCCC2=O)cc1. The fourth-order valence-electron chi connectivity index (χ4n) is 1.98. The van der Waals surface area contributed by atoms with Gasteiger partial charge in [0.2, 0.25) is 0 Å². The van der Waals surface area contributed by atoms with Crippen molar-refractivity contribution in [2.45, 2.75) is 25.7 Å². The monoisotopic (exact) mass is 212 g/mol. The molecule has 1 aliphatic carbocycles. The van der Waals surface area contributed by atoms with E-state index in [0.29, 0.717) is 5.78 Å². The Balaban J connectivity index is 2.20. The second-order valence-electron chi connectivity index (χ2n) is 4.17. The average Bonchev–Trinajstić information content (AvgIpc) is 2.33.